The van der Waals surface area contributed by atoms with Crippen LogP contribution >= 0.6 is 0 Å². The van der Waals surface area contributed by atoms with Crippen molar-refractivity contribution in [2.75, 3.05) is 25.1 Å². The molecule has 0 aromatic heterocycles. The molecule has 1 saturated heterocycles. The van der Waals surface area contributed by atoms with Crippen LogP contribution in [0.2, 0.25) is 0 Å². The summed E-state index contributed by atoms with van der Waals surface area (Å²) in [4.78, 5) is 2.48. The van der Waals surface area contributed by atoms with Crippen molar-refractivity contribution in [2.45, 2.75) is 58.0 Å². The Bertz CT molecular complexity index is 474. The summed E-state index contributed by atoms with van der Waals surface area (Å²) in [6, 6.07) is 7.45. The van der Waals surface area contributed by atoms with Crippen molar-refractivity contribution < 1.29 is 4.74 Å². The molecule has 1 aromatic carbocycles. The SMILES string of the molecule is COc1cc(CNC2CCCC2)ccc1N1CCC(C)CC1. The highest BCUT2D eigenvalue weighted by molar-refractivity contribution is 5.60. The zero-order chi connectivity index (χ0) is 15.4. The molecule has 0 spiro atoms. The van der Waals surface area contributed by atoms with E-state index < -0.39 is 0 Å². The molecule has 3 heteroatoms. The van der Waals surface area contributed by atoms with E-state index in [0.717, 1.165) is 31.3 Å². The third kappa shape index (κ3) is 3.75. The van der Waals surface area contributed by atoms with E-state index in [1.165, 1.54) is 49.8 Å². The summed E-state index contributed by atoms with van der Waals surface area (Å²) in [6.45, 7) is 5.61. The molecule has 2 fully saturated rings. The standard InChI is InChI=1S/C19H30N2O/c1-15-9-11-21(12-10-15)18-8-7-16(13-19(18)22-2)14-20-17-5-3-4-6-17/h7-8,13,15,17,20H,3-6,9-12,14H2,1-2H3. The molecule has 1 saturated carbocycles. The van der Waals surface area contributed by atoms with Gasteiger partial charge in [0, 0.05) is 25.7 Å². The molecule has 1 N–H and O–H groups in total. The molecule has 1 aliphatic carbocycles. The number of anilines is 1. The van der Waals surface area contributed by atoms with Crippen molar-refractivity contribution in [3.05, 3.63) is 23.8 Å². The van der Waals surface area contributed by atoms with Gasteiger partial charge < -0.3 is 15.0 Å². The lowest BCUT2D eigenvalue weighted by atomic mass is 9.98. The fourth-order valence-corrected chi connectivity index (χ4v) is 3.73. The average Bonchev–Trinajstić information content (AvgIpc) is 3.07. The number of nitrogens with one attached hydrogen (secondary N) is 1. The number of rotatable bonds is 5. The van der Waals surface area contributed by atoms with Crippen molar-refractivity contribution in [3.8, 4) is 5.75 Å². The monoisotopic (exact) mass is 302 g/mol. The van der Waals surface area contributed by atoms with Gasteiger partial charge in [0.2, 0.25) is 0 Å². The van der Waals surface area contributed by atoms with Gasteiger partial charge in [0.15, 0.2) is 0 Å². The molecule has 0 radical (unpaired) electrons. The predicted molar refractivity (Wildman–Crippen MR) is 92.7 cm³/mol. The van der Waals surface area contributed by atoms with Crippen LogP contribution < -0.4 is 15.0 Å². The molecule has 3 rings (SSSR count). The van der Waals surface area contributed by atoms with Crippen LogP contribution in [0.25, 0.3) is 0 Å². The number of methoxy groups -OCH3 is 1. The van der Waals surface area contributed by atoms with Gasteiger partial charge in [0.25, 0.3) is 0 Å². The van der Waals surface area contributed by atoms with Gasteiger partial charge in [0.05, 0.1) is 12.8 Å². The smallest absolute Gasteiger partial charge is 0.142 e. The molecule has 0 atom stereocenters. The second-order valence-corrected chi connectivity index (χ2v) is 7.04. The highest BCUT2D eigenvalue weighted by Gasteiger charge is 2.19. The van der Waals surface area contributed by atoms with Crippen LogP contribution in [0.5, 0.6) is 5.75 Å². The number of benzene rings is 1. The second-order valence-electron chi connectivity index (χ2n) is 7.04. The van der Waals surface area contributed by atoms with E-state index in [0.29, 0.717) is 6.04 Å². The Morgan fingerprint density at radius 2 is 1.86 bits per heavy atom. The summed E-state index contributed by atoms with van der Waals surface area (Å²) < 4.78 is 5.67. The van der Waals surface area contributed by atoms with Crippen LogP contribution in [0.3, 0.4) is 0 Å². The average molecular weight is 302 g/mol. The maximum atomic E-state index is 5.67. The Labute approximate surface area is 135 Å². The second kappa shape index (κ2) is 7.36. The van der Waals surface area contributed by atoms with Crippen LogP contribution in [0.4, 0.5) is 5.69 Å². The van der Waals surface area contributed by atoms with Crippen LogP contribution in [0, 0.1) is 5.92 Å². The molecular formula is C19H30N2O. The number of ether oxygens (including phenoxy) is 1. The van der Waals surface area contributed by atoms with Crippen molar-refractivity contribution >= 4 is 5.69 Å². The topological polar surface area (TPSA) is 24.5 Å². The van der Waals surface area contributed by atoms with E-state index in [4.69, 9.17) is 4.74 Å². The maximum absolute atomic E-state index is 5.67. The van der Waals surface area contributed by atoms with Crippen molar-refractivity contribution in [3.63, 3.8) is 0 Å². The van der Waals surface area contributed by atoms with Gasteiger partial charge in [0.1, 0.15) is 5.75 Å². The van der Waals surface area contributed by atoms with E-state index in [1.54, 1.807) is 7.11 Å². The minimum Gasteiger partial charge on any atom is -0.495 e. The van der Waals surface area contributed by atoms with E-state index in [-0.39, 0.29) is 0 Å². The summed E-state index contributed by atoms with van der Waals surface area (Å²) in [7, 11) is 1.79. The van der Waals surface area contributed by atoms with E-state index in [9.17, 15) is 0 Å². The Kier molecular flexibility index (Phi) is 5.24. The largest absolute Gasteiger partial charge is 0.495 e. The van der Waals surface area contributed by atoms with Crippen LogP contribution in [-0.4, -0.2) is 26.2 Å². The van der Waals surface area contributed by atoms with Gasteiger partial charge in [-0.25, -0.2) is 0 Å². The lowest BCUT2D eigenvalue weighted by Crippen LogP contribution is -2.33. The number of hydrogen-bond acceptors (Lipinski definition) is 3. The van der Waals surface area contributed by atoms with Crippen LogP contribution in [0.15, 0.2) is 18.2 Å². The van der Waals surface area contributed by atoms with Gasteiger partial charge in [-0.1, -0.05) is 25.8 Å². The van der Waals surface area contributed by atoms with Crippen molar-refractivity contribution in [1.29, 1.82) is 0 Å². The normalized spacial score (nSPS) is 20.5. The highest BCUT2D eigenvalue weighted by Crippen LogP contribution is 2.32. The number of nitrogens with zero attached hydrogens (tertiary/aromatic N) is 1. The molecule has 2 aliphatic rings. The Morgan fingerprint density at radius 3 is 2.55 bits per heavy atom. The molecule has 0 unspecified atom stereocenters. The molecular weight excluding hydrogens is 272 g/mol. The van der Waals surface area contributed by atoms with Gasteiger partial charge in [-0.2, -0.15) is 0 Å². The van der Waals surface area contributed by atoms with Gasteiger partial charge >= 0.3 is 0 Å². The summed E-state index contributed by atoms with van der Waals surface area (Å²) in [5.41, 5.74) is 2.59. The van der Waals surface area contributed by atoms with Crippen LogP contribution in [0.1, 0.15) is 51.0 Å². The van der Waals surface area contributed by atoms with Gasteiger partial charge in [-0.3, -0.25) is 0 Å². The molecule has 1 heterocycles. The van der Waals surface area contributed by atoms with Crippen LogP contribution in [-0.2, 0) is 6.54 Å². The first-order valence-corrected chi connectivity index (χ1v) is 8.91. The zero-order valence-electron chi connectivity index (χ0n) is 14.1. The third-order valence-corrected chi connectivity index (χ3v) is 5.32. The van der Waals surface area contributed by atoms with E-state index in [1.807, 2.05) is 0 Å². The van der Waals surface area contributed by atoms with E-state index in [2.05, 4.69) is 35.3 Å². The van der Waals surface area contributed by atoms with Gasteiger partial charge in [-0.05, 0) is 49.3 Å². The molecule has 122 valence electrons. The highest BCUT2D eigenvalue weighted by atomic mass is 16.5. The van der Waals surface area contributed by atoms with Crippen molar-refractivity contribution in [2.24, 2.45) is 5.92 Å². The third-order valence-electron chi connectivity index (χ3n) is 5.32. The minimum atomic E-state index is 0.717. The molecule has 0 amide bonds. The lowest BCUT2D eigenvalue weighted by Gasteiger charge is -2.33. The molecule has 22 heavy (non-hydrogen) atoms. The molecule has 1 aliphatic heterocycles. The summed E-state index contributed by atoms with van der Waals surface area (Å²) >= 11 is 0. The van der Waals surface area contributed by atoms with Crippen molar-refractivity contribution in [1.82, 2.24) is 5.32 Å². The summed E-state index contributed by atoms with van der Waals surface area (Å²) in [6.07, 6.45) is 8.01. The number of piperidine rings is 1. The molecule has 0 bridgehead atoms. The quantitative estimate of drug-likeness (QED) is 0.891. The zero-order valence-corrected chi connectivity index (χ0v) is 14.1. The minimum absolute atomic E-state index is 0.717. The summed E-state index contributed by atoms with van der Waals surface area (Å²) in [5.74, 6) is 1.89. The Hall–Kier alpha value is -1.22. The first-order chi connectivity index (χ1) is 10.8. The fraction of sp³-hybridized carbons (Fsp3) is 0.684. The Morgan fingerprint density at radius 1 is 1.14 bits per heavy atom. The van der Waals surface area contributed by atoms with Gasteiger partial charge in [-0.15, -0.1) is 0 Å². The van der Waals surface area contributed by atoms with E-state index >= 15 is 0 Å². The maximum Gasteiger partial charge on any atom is 0.142 e. The lowest BCUT2D eigenvalue weighted by molar-refractivity contribution is 0.403. The first kappa shape index (κ1) is 15.7. The first-order valence-electron chi connectivity index (χ1n) is 8.91. The predicted octanol–water partition coefficient (Wildman–Crippen LogP) is 3.96. The molecule has 3 nitrogen and oxygen atoms in total. The Balaban J connectivity index is 1.64. The fourth-order valence-electron chi connectivity index (χ4n) is 3.73. The molecule has 1 aromatic rings. The number of hydrogen-bond donors (Lipinski definition) is 1. The summed E-state index contributed by atoms with van der Waals surface area (Å²) in [5, 5.41) is 3.68.